The van der Waals surface area contributed by atoms with Gasteiger partial charge in [-0.1, -0.05) is 29.4 Å². The minimum atomic E-state index is -0.0138. The molecule has 1 spiro atoms. The lowest BCUT2D eigenvalue weighted by Gasteiger charge is -2.42. The van der Waals surface area contributed by atoms with E-state index in [1.807, 2.05) is 24.3 Å². The average Bonchev–Trinajstić information content (AvgIpc) is 3.17. The van der Waals surface area contributed by atoms with E-state index in [1.165, 1.54) is 11.8 Å². The molecule has 0 saturated carbocycles. The third kappa shape index (κ3) is 3.99. The normalized spacial score (nSPS) is 18.5. The third-order valence-electron chi connectivity index (χ3n) is 7.25. The van der Waals surface area contributed by atoms with Crippen molar-refractivity contribution in [2.24, 2.45) is 11.1 Å². The minimum absolute atomic E-state index is 0.0138. The number of hydrogen-bond acceptors (Lipinski definition) is 10. The molecule has 6 rings (SSSR count). The lowest BCUT2D eigenvalue weighted by atomic mass is 9.73. The van der Waals surface area contributed by atoms with Crippen LogP contribution < -0.4 is 21.1 Å². The number of hydrogen-bond donors (Lipinski definition) is 2. The van der Waals surface area contributed by atoms with Crippen LogP contribution in [0.2, 0.25) is 5.02 Å². The van der Waals surface area contributed by atoms with Crippen LogP contribution in [0.15, 0.2) is 52.6 Å². The average molecular weight is 521 g/mol. The number of aromatic nitrogens is 5. The van der Waals surface area contributed by atoms with Crippen LogP contribution in [0, 0.1) is 5.41 Å². The van der Waals surface area contributed by atoms with Gasteiger partial charge in [-0.3, -0.25) is 0 Å². The highest BCUT2D eigenvalue weighted by molar-refractivity contribution is 7.99. The Morgan fingerprint density at radius 1 is 1.08 bits per heavy atom. The van der Waals surface area contributed by atoms with E-state index in [-0.39, 0.29) is 11.5 Å². The lowest BCUT2D eigenvalue weighted by molar-refractivity contribution is 0.186. The molecular weight excluding hydrogens is 496 g/mol. The number of nitrogens with zero attached hydrogens (tertiary/aromatic N) is 6. The Bertz CT molecular complexity index is 1460. The van der Waals surface area contributed by atoms with Gasteiger partial charge in [-0.2, -0.15) is 0 Å². The summed E-state index contributed by atoms with van der Waals surface area (Å²) in [7, 11) is 1.64. The molecule has 4 aromatic heterocycles. The molecule has 1 aliphatic carbocycles. The summed E-state index contributed by atoms with van der Waals surface area (Å²) < 4.78 is 5.31. The second-order valence-electron chi connectivity index (χ2n) is 9.22. The molecule has 0 unspecified atom stereocenters. The Labute approximate surface area is 217 Å². The number of ether oxygens (including phenoxy) is 1. The lowest BCUT2D eigenvalue weighted by Crippen LogP contribution is -2.44. The Hall–Kier alpha value is -3.21. The van der Waals surface area contributed by atoms with Crippen molar-refractivity contribution in [3.8, 4) is 5.88 Å². The van der Waals surface area contributed by atoms with Crippen molar-refractivity contribution in [3.63, 3.8) is 0 Å². The van der Waals surface area contributed by atoms with Crippen molar-refractivity contribution in [2.75, 3.05) is 30.8 Å². The monoisotopic (exact) mass is 520 g/mol. The SMILES string of the molecule is COc1ccc2c(n1)CC1(CCN(c3cnc4nc(Sc5ccnc(N)c5Cl)ccc4n3)CC1)[C@H]2N. The number of piperidine rings is 1. The first kappa shape index (κ1) is 23.2. The van der Waals surface area contributed by atoms with Gasteiger partial charge in [0.1, 0.15) is 22.2 Å². The Balaban J connectivity index is 1.17. The molecule has 1 atom stereocenters. The quantitative estimate of drug-likeness (QED) is 0.406. The summed E-state index contributed by atoms with van der Waals surface area (Å²) in [6.07, 6.45) is 6.25. The molecule has 1 aliphatic heterocycles. The van der Waals surface area contributed by atoms with Crippen LogP contribution in [0.25, 0.3) is 11.2 Å². The first-order valence-electron chi connectivity index (χ1n) is 11.7. The summed E-state index contributed by atoms with van der Waals surface area (Å²) in [6.45, 7) is 1.73. The first-order valence-corrected chi connectivity index (χ1v) is 12.9. The number of halogens is 1. The molecular formula is C25H25ClN8OS. The van der Waals surface area contributed by atoms with Gasteiger partial charge in [0.2, 0.25) is 5.88 Å². The smallest absolute Gasteiger partial charge is 0.213 e. The van der Waals surface area contributed by atoms with Crippen LogP contribution in [0.5, 0.6) is 5.88 Å². The summed E-state index contributed by atoms with van der Waals surface area (Å²) in [4.78, 5) is 25.8. The number of pyridine rings is 3. The fourth-order valence-electron chi connectivity index (χ4n) is 5.19. The maximum atomic E-state index is 6.74. The summed E-state index contributed by atoms with van der Waals surface area (Å²) >= 11 is 7.69. The van der Waals surface area contributed by atoms with E-state index in [0.717, 1.165) is 64.9 Å². The van der Waals surface area contributed by atoms with Crippen molar-refractivity contribution >= 4 is 46.2 Å². The molecule has 0 aromatic carbocycles. The minimum Gasteiger partial charge on any atom is -0.481 e. The van der Waals surface area contributed by atoms with Gasteiger partial charge in [0.05, 0.1) is 18.3 Å². The van der Waals surface area contributed by atoms with Gasteiger partial charge in [0.25, 0.3) is 0 Å². The zero-order valence-electron chi connectivity index (χ0n) is 19.7. The van der Waals surface area contributed by atoms with Gasteiger partial charge in [0.15, 0.2) is 5.65 Å². The van der Waals surface area contributed by atoms with E-state index >= 15 is 0 Å². The molecule has 4 aromatic rings. The highest BCUT2D eigenvalue weighted by atomic mass is 35.5. The largest absolute Gasteiger partial charge is 0.481 e. The van der Waals surface area contributed by atoms with E-state index in [0.29, 0.717) is 22.4 Å². The van der Waals surface area contributed by atoms with Crippen molar-refractivity contribution < 1.29 is 4.74 Å². The number of fused-ring (bicyclic) bond motifs is 2. The van der Waals surface area contributed by atoms with Gasteiger partial charge in [0, 0.05) is 42.0 Å². The molecule has 2 aliphatic rings. The topological polar surface area (TPSA) is 129 Å². The molecule has 1 saturated heterocycles. The van der Waals surface area contributed by atoms with Crippen LogP contribution in [0.1, 0.15) is 30.1 Å². The van der Waals surface area contributed by atoms with Gasteiger partial charge in [-0.05, 0) is 48.4 Å². The first-order chi connectivity index (χ1) is 17.5. The maximum absolute atomic E-state index is 6.74. The van der Waals surface area contributed by atoms with Gasteiger partial charge in [-0.25, -0.2) is 24.9 Å². The zero-order valence-corrected chi connectivity index (χ0v) is 21.3. The van der Waals surface area contributed by atoms with Crippen LogP contribution in [0.3, 0.4) is 0 Å². The molecule has 0 radical (unpaired) electrons. The molecule has 11 heteroatoms. The second-order valence-corrected chi connectivity index (χ2v) is 10.7. The second kappa shape index (κ2) is 9.02. The highest BCUT2D eigenvalue weighted by Crippen LogP contribution is 2.50. The summed E-state index contributed by atoms with van der Waals surface area (Å²) in [5.74, 6) is 1.80. The number of rotatable bonds is 4. The zero-order chi connectivity index (χ0) is 24.9. The summed E-state index contributed by atoms with van der Waals surface area (Å²) in [6, 6.07) is 9.62. The number of nitrogens with two attached hydrogens (primary N) is 2. The van der Waals surface area contributed by atoms with Crippen LogP contribution in [0.4, 0.5) is 11.6 Å². The van der Waals surface area contributed by atoms with Gasteiger partial charge in [-0.15, -0.1) is 0 Å². The Morgan fingerprint density at radius 2 is 1.92 bits per heavy atom. The molecule has 0 amide bonds. The Morgan fingerprint density at radius 3 is 2.72 bits per heavy atom. The van der Waals surface area contributed by atoms with Crippen LogP contribution in [-0.4, -0.2) is 45.1 Å². The van der Waals surface area contributed by atoms with E-state index in [2.05, 4.69) is 30.9 Å². The summed E-state index contributed by atoms with van der Waals surface area (Å²) in [5, 5.41) is 1.19. The Kier molecular flexibility index (Phi) is 5.82. The van der Waals surface area contributed by atoms with Gasteiger partial charge < -0.3 is 21.1 Å². The molecule has 9 nitrogen and oxygen atoms in total. The predicted octanol–water partition coefficient (Wildman–Crippen LogP) is 4.05. The van der Waals surface area contributed by atoms with E-state index in [1.54, 1.807) is 19.5 Å². The number of anilines is 2. The van der Waals surface area contributed by atoms with Crippen molar-refractivity contribution in [2.45, 2.75) is 35.2 Å². The molecule has 36 heavy (non-hydrogen) atoms. The van der Waals surface area contributed by atoms with Crippen molar-refractivity contribution in [3.05, 3.63) is 59.0 Å². The van der Waals surface area contributed by atoms with E-state index < -0.39 is 0 Å². The highest BCUT2D eigenvalue weighted by Gasteiger charge is 2.47. The fourth-order valence-corrected chi connectivity index (χ4v) is 6.24. The predicted molar refractivity (Wildman–Crippen MR) is 140 cm³/mol. The van der Waals surface area contributed by atoms with Crippen LogP contribution >= 0.6 is 23.4 Å². The fraction of sp³-hybridized carbons (Fsp3) is 0.320. The molecule has 0 bridgehead atoms. The third-order valence-corrected chi connectivity index (χ3v) is 8.76. The molecule has 4 N–H and O–H groups in total. The summed E-state index contributed by atoms with van der Waals surface area (Å²) in [5.41, 5.74) is 16.1. The standard InChI is InChI=1S/C25H25ClN8OS/c1-35-19-4-2-14-16(32-19)12-25(22(14)27)7-10-34(11-8-25)18-13-30-24-15(31-18)3-5-20(33-24)36-17-6-9-29-23(28)21(17)26/h2-6,9,13,22H,7-8,10-12,27H2,1H3,(H2,28,29)/t22-/m0/s1. The van der Waals surface area contributed by atoms with Crippen molar-refractivity contribution in [1.82, 2.24) is 24.9 Å². The van der Waals surface area contributed by atoms with Crippen LogP contribution in [-0.2, 0) is 6.42 Å². The maximum Gasteiger partial charge on any atom is 0.213 e. The van der Waals surface area contributed by atoms with Gasteiger partial charge >= 0.3 is 0 Å². The molecule has 184 valence electrons. The number of methoxy groups -OCH3 is 1. The number of nitrogen functional groups attached to an aromatic ring is 1. The van der Waals surface area contributed by atoms with E-state index in [9.17, 15) is 0 Å². The van der Waals surface area contributed by atoms with E-state index in [4.69, 9.17) is 32.8 Å². The van der Waals surface area contributed by atoms with Crippen molar-refractivity contribution in [1.29, 1.82) is 0 Å². The molecule has 1 fully saturated rings. The molecule has 5 heterocycles.